The van der Waals surface area contributed by atoms with E-state index in [0.717, 1.165) is 16.8 Å². The van der Waals surface area contributed by atoms with E-state index in [9.17, 15) is 4.79 Å². The van der Waals surface area contributed by atoms with E-state index in [2.05, 4.69) is 28.5 Å². The quantitative estimate of drug-likeness (QED) is 0.598. The Morgan fingerprint density at radius 1 is 1.22 bits per heavy atom. The molecular weight excluding hydrogens is 371 g/mol. The van der Waals surface area contributed by atoms with Crippen LogP contribution in [0.2, 0.25) is 8.67 Å². The molecule has 0 bridgehead atoms. The molecule has 0 saturated heterocycles. The lowest BCUT2D eigenvalue weighted by Gasteiger charge is -2.04. The monoisotopic (exact) mass is 382 g/mol. The number of hydrogen-bond acceptors (Lipinski definition) is 4. The van der Waals surface area contributed by atoms with Crippen molar-refractivity contribution in [1.82, 2.24) is 4.98 Å². The third-order valence-electron chi connectivity index (χ3n) is 3.29. The van der Waals surface area contributed by atoms with Gasteiger partial charge in [-0.05, 0) is 31.5 Å². The van der Waals surface area contributed by atoms with Crippen LogP contribution in [0, 0.1) is 13.8 Å². The molecule has 2 aromatic heterocycles. The van der Waals surface area contributed by atoms with E-state index in [4.69, 9.17) is 23.2 Å². The summed E-state index contributed by atoms with van der Waals surface area (Å²) in [7, 11) is 0. The number of benzene rings is 1. The summed E-state index contributed by atoms with van der Waals surface area (Å²) in [4.78, 5) is 16.7. The molecule has 3 nitrogen and oxygen atoms in total. The molecule has 0 aliphatic heterocycles. The molecule has 0 radical (unpaired) electrons. The van der Waals surface area contributed by atoms with Crippen molar-refractivity contribution >= 4 is 56.9 Å². The lowest BCUT2D eigenvalue weighted by Crippen LogP contribution is -2.11. The minimum atomic E-state index is -0.306. The molecule has 118 valence electrons. The van der Waals surface area contributed by atoms with Crippen molar-refractivity contribution in [3.05, 3.63) is 55.0 Å². The van der Waals surface area contributed by atoms with Gasteiger partial charge >= 0.3 is 0 Å². The van der Waals surface area contributed by atoms with E-state index in [1.165, 1.54) is 28.2 Å². The van der Waals surface area contributed by atoms with Gasteiger partial charge in [0.2, 0.25) is 0 Å². The smallest absolute Gasteiger partial charge is 0.259 e. The number of thiazole rings is 1. The van der Waals surface area contributed by atoms with Crippen LogP contribution in [0.3, 0.4) is 0 Å². The van der Waals surface area contributed by atoms with Gasteiger partial charge in [-0.2, -0.15) is 0 Å². The van der Waals surface area contributed by atoms with E-state index in [0.29, 0.717) is 19.4 Å². The molecule has 2 heterocycles. The van der Waals surface area contributed by atoms with Crippen LogP contribution in [0.5, 0.6) is 0 Å². The minimum absolute atomic E-state index is 0.306. The van der Waals surface area contributed by atoms with E-state index in [-0.39, 0.29) is 5.91 Å². The van der Waals surface area contributed by atoms with Crippen molar-refractivity contribution < 1.29 is 4.79 Å². The molecule has 3 aromatic rings. The second-order valence-corrected chi connectivity index (χ2v) is 8.19. The van der Waals surface area contributed by atoms with Crippen molar-refractivity contribution in [3.63, 3.8) is 0 Å². The zero-order chi connectivity index (χ0) is 16.6. The number of carbonyl (C=O) groups is 1. The molecule has 0 aliphatic carbocycles. The molecule has 0 unspecified atom stereocenters. The number of halogens is 2. The molecule has 23 heavy (non-hydrogen) atoms. The fourth-order valence-corrected chi connectivity index (χ4v) is 4.29. The number of thiophene rings is 1. The predicted molar refractivity (Wildman–Crippen MR) is 99.3 cm³/mol. The molecular formula is C16H12Cl2N2OS2. The van der Waals surface area contributed by atoms with Gasteiger partial charge in [0.1, 0.15) is 4.34 Å². The van der Waals surface area contributed by atoms with Crippen LogP contribution in [-0.2, 0) is 0 Å². The number of rotatable bonds is 3. The fraction of sp³-hybridized carbons (Fsp3) is 0.125. The van der Waals surface area contributed by atoms with E-state index in [1.807, 2.05) is 19.2 Å². The Labute approximate surface area is 151 Å². The zero-order valence-corrected chi connectivity index (χ0v) is 15.5. The second-order valence-electron chi connectivity index (χ2n) is 5.05. The summed E-state index contributed by atoms with van der Waals surface area (Å²) in [6, 6.07) is 7.78. The molecule has 1 N–H and O–H groups in total. The SMILES string of the molecule is Cc1ccc(C)c(-c2csc(NC(=O)c3cc(Cl)sc3Cl)n2)c1. The first-order valence-corrected chi connectivity index (χ1v) is 9.18. The highest BCUT2D eigenvalue weighted by Crippen LogP contribution is 2.32. The number of aromatic nitrogens is 1. The first-order chi connectivity index (χ1) is 10.9. The normalized spacial score (nSPS) is 10.8. The van der Waals surface area contributed by atoms with Gasteiger partial charge in [-0.15, -0.1) is 22.7 Å². The maximum absolute atomic E-state index is 12.2. The molecule has 7 heteroatoms. The highest BCUT2D eigenvalue weighted by Gasteiger charge is 2.16. The highest BCUT2D eigenvalue weighted by atomic mass is 35.5. The lowest BCUT2D eigenvalue weighted by molar-refractivity contribution is 0.102. The summed E-state index contributed by atoms with van der Waals surface area (Å²) in [5.41, 5.74) is 4.60. The molecule has 1 amide bonds. The zero-order valence-electron chi connectivity index (χ0n) is 12.3. The third-order valence-corrected chi connectivity index (χ3v) is 5.54. The largest absolute Gasteiger partial charge is 0.298 e. The van der Waals surface area contributed by atoms with Crippen molar-refractivity contribution in [2.45, 2.75) is 13.8 Å². The second kappa shape index (κ2) is 6.61. The van der Waals surface area contributed by atoms with Crippen molar-refractivity contribution in [2.75, 3.05) is 5.32 Å². The van der Waals surface area contributed by atoms with Gasteiger partial charge in [0.15, 0.2) is 5.13 Å². The third kappa shape index (κ3) is 3.58. The molecule has 0 aliphatic rings. The van der Waals surface area contributed by atoms with Gasteiger partial charge in [-0.1, -0.05) is 40.9 Å². The van der Waals surface area contributed by atoms with Crippen molar-refractivity contribution in [1.29, 1.82) is 0 Å². The van der Waals surface area contributed by atoms with Gasteiger partial charge in [-0.25, -0.2) is 4.98 Å². The number of anilines is 1. The van der Waals surface area contributed by atoms with Crippen LogP contribution < -0.4 is 5.32 Å². The van der Waals surface area contributed by atoms with Crippen molar-refractivity contribution in [2.24, 2.45) is 0 Å². The number of aryl methyl sites for hydroxylation is 2. The van der Waals surface area contributed by atoms with Gasteiger partial charge in [0.05, 0.1) is 15.6 Å². The van der Waals surface area contributed by atoms with Crippen LogP contribution in [0.1, 0.15) is 21.5 Å². The number of hydrogen-bond donors (Lipinski definition) is 1. The van der Waals surface area contributed by atoms with Gasteiger partial charge in [0, 0.05) is 10.9 Å². The standard InChI is InChI=1S/C16H12Cl2N2OS2/c1-8-3-4-9(2)10(5-8)12-7-22-16(19-12)20-15(21)11-6-13(17)23-14(11)18/h3-7H,1-2H3,(H,19,20,21). The molecule has 0 atom stereocenters. The first kappa shape index (κ1) is 16.5. The maximum Gasteiger partial charge on any atom is 0.259 e. The predicted octanol–water partition coefficient (Wildman–Crippen LogP) is 6.05. The van der Waals surface area contributed by atoms with Crippen molar-refractivity contribution in [3.8, 4) is 11.3 Å². The Hall–Kier alpha value is -1.40. The van der Waals surface area contributed by atoms with E-state index in [1.54, 1.807) is 6.07 Å². The summed E-state index contributed by atoms with van der Waals surface area (Å²) in [6.45, 7) is 4.08. The number of nitrogens with zero attached hydrogens (tertiary/aromatic N) is 1. The molecule has 0 spiro atoms. The van der Waals surface area contributed by atoms with Gasteiger partial charge in [-0.3, -0.25) is 10.1 Å². The van der Waals surface area contributed by atoms with E-state index < -0.39 is 0 Å². The highest BCUT2D eigenvalue weighted by molar-refractivity contribution is 7.20. The Kier molecular flexibility index (Phi) is 4.73. The number of carbonyl (C=O) groups excluding carboxylic acids is 1. The summed E-state index contributed by atoms with van der Waals surface area (Å²) in [5, 5.41) is 5.23. The molecule has 0 fully saturated rings. The van der Waals surface area contributed by atoms with Crippen LogP contribution in [0.15, 0.2) is 29.6 Å². The Morgan fingerprint density at radius 3 is 2.70 bits per heavy atom. The topological polar surface area (TPSA) is 42.0 Å². The lowest BCUT2D eigenvalue weighted by atomic mass is 10.0. The van der Waals surface area contributed by atoms with Crippen LogP contribution in [0.4, 0.5) is 5.13 Å². The van der Waals surface area contributed by atoms with Crippen LogP contribution >= 0.6 is 45.9 Å². The maximum atomic E-state index is 12.2. The molecule has 3 rings (SSSR count). The van der Waals surface area contributed by atoms with Crippen LogP contribution in [-0.4, -0.2) is 10.9 Å². The number of amides is 1. The van der Waals surface area contributed by atoms with E-state index >= 15 is 0 Å². The van der Waals surface area contributed by atoms with Gasteiger partial charge in [0.25, 0.3) is 5.91 Å². The summed E-state index contributed by atoms with van der Waals surface area (Å²) in [6.07, 6.45) is 0. The minimum Gasteiger partial charge on any atom is -0.298 e. The van der Waals surface area contributed by atoms with Crippen LogP contribution in [0.25, 0.3) is 11.3 Å². The Morgan fingerprint density at radius 2 is 2.00 bits per heavy atom. The summed E-state index contributed by atoms with van der Waals surface area (Å²) in [5.74, 6) is -0.306. The summed E-state index contributed by atoms with van der Waals surface area (Å²) >= 11 is 14.4. The molecule has 1 aromatic carbocycles. The van der Waals surface area contributed by atoms with Gasteiger partial charge < -0.3 is 0 Å². The average molecular weight is 383 g/mol. The summed E-state index contributed by atoms with van der Waals surface area (Å²) < 4.78 is 0.856. The fourth-order valence-electron chi connectivity index (χ4n) is 2.13. The average Bonchev–Trinajstić information content (AvgIpc) is 3.08. The first-order valence-electron chi connectivity index (χ1n) is 6.73. The Balaban J connectivity index is 1.84. The number of nitrogens with one attached hydrogen (secondary N) is 1. The Bertz CT molecular complexity index is 886. The molecule has 0 saturated carbocycles.